The van der Waals surface area contributed by atoms with Crippen LogP contribution in [0.5, 0.6) is 0 Å². The van der Waals surface area contributed by atoms with Crippen LogP contribution < -0.4 is 10.6 Å². The van der Waals surface area contributed by atoms with Crippen molar-refractivity contribution in [3.05, 3.63) is 23.8 Å². The molecule has 2 amide bonds. The first-order chi connectivity index (χ1) is 9.08. The molecule has 7 heteroatoms. The molecule has 0 unspecified atom stereocenters. The second-order valence-electron chi connectivity index (χ2n) is 4.06. The second kappa shape index (κ2) is 8.02. The minimum Gasteiger partial charge on any atom is -0.481 e. The molecule has 0 aliphatic carbocycles. The number of nitrogens with one attached hydrogen (secondary N) is 2. The fourth-order valence-electron chi connectivity index (χ4n) is 1.44. The lowest BCUT2D eigenvalue weighted by molar-refractivity contribution is -0.137. The van der Waals surface area contributed by atoms with Crippen molar-refractivity contribution in [2.75, 3.05) is 6.54 Å². The Morgan fingerprint density at radius 1 is 1.32 bits per heavy atom. The summed E-state index contributed by atoms with van der Waals surface area (Å²) in [6.07, 6.45) is 2.97. The van der Waals surface area contributed by atoms with E-state index in [4.69, 9.17) is 5.11 Å². The summed E-state index contributed by atoms with van der Waals surface area (Å²) >= 11 is 0. The van der Waals surface area contributed by atoms with Crippen LogP contribution in [0.3, 0.4) is 0 Å². The van der Waals surface area contributed by atoms with Gasteiger partial charge >= 0.3 is 12.0 Å². The van der Waals surface area contributed by atoms with E-state index in [-0.39, 0.29) is 12.5 Å². The van der Waals surface area contributed by atoms with Gasteiger partial charge in [0, 0.05) is 19.2 Å². The van der Waals surface area contributed by atoms with Crippen LogP contribution in [-0.2, 0) is 11.3 Å². The Bertz CT molecular complexity index is 437. The van der Waals surface area contributed by atoms with Gasteiger partial charge in [0.05, 0.1) is 12.2 Å². The quantitative estimate of drug-likeness (QED) is 0.634. The maximum absolute atomic E-state index is 11.4. The summed E-state index contributed by atoms with van der Waals surface area (Å²) in [6.45, 7) is 2.58. The molecule has 1 aromatic rings. The van der Waals surface area contributed by atoms with Gasteiger partial charge in [-0.05, 0) is 25.8 Å². The lowest BCUT2D eigenvalue weighted by Crippen LogP contribution is -2.35. The van der Waals surface area contributed by atoms with Crippen molar-refractivity contribution in [1.29, 1.82) is 0 Å². The highest BCUT2D eigenvalue weighted by Crippen LogP contribution is 1.95. The molecule has 0 aromatic carbocycles. The number of hydrogen-bond acceptors (Lipinski definition) is 4. The Hall–Kier alpha value is -2.18. The third-order valence-corrected chi connectivity index (χ3v) is 2.37. The number of carboxylic acids is 1. The summed E-state index contributed by atoms with van der Waals surface area (Å²) in [5.74, 6) is -0.156. The number of aliphatic carboxylic acids is 1. The van der Waals surface area contributed by atoms with Gasteiger partial charge in [-0.15, -0.1) is 0 Å². The first-order valence-corrected chi connectivity index (χ1v) is 6.10. The van der Waals surface area contributed by atoms with Crippen LogP contribution >= 0.6 is 0 Å². The third-order valence-electron chi connectivity index (χ3n) is 2.37. The number of nitrogens with zero attached hydrogens (tertiary/aromatic N) is 2. The molecule has 7 nitrogen and oxygen atoms in total. The summed E-state index contributed by atoms with van der Waals surface area (Å²) in [5.41, 5.74) is 0.744. The Balaban J connectivity index is 2.13. The molecule has 0 fully saturated rings. The maximum Gasteiger partial charge on any atom is 0.315 e. The third kappa shape index (κ3) is 6.97. The molecular formula is C12H18N4O3. The van der Waals surface area contributed by atoms with Crippen molar-refractivity contribution in [1.82, 2.24) is 20.6 Å². The highest BCUT2D eigenvalue weighted by Gasteiger charge is 2.02. The van der Waals surface area contributed by atoms with E-state index in [1.54, 1.807) is 19.2 Å². The maximum atomic E-state index is 11.4. The molecule has 1 aromatic heterocycles. The van der Waals surface area contributed by atoms with Crippen LogP contribution in [0.4, 0.5) is 4.79 Å². The number of carbonyl (C=O) groups is 2. The molecular weight excluding hydrogens is 248 g/mol. The Morgan fingerprint density at radius 2 is 2.11 bits per heavy atom. The molecule has 3 N–H and O–H groups in total. The van der Waals surface area contributed by atoms with E-state index in [1.165, 1.54) is 0 Å². The first kappa shape index (κ1) is 14.9. The molecule has 0 radical (unpaired) electrons. The second-order valence-corrected chi connectivity index (χ2v) is 4.06. The van der Waals surface area contributed by atoms with Crippen LogP contribution in [0.1, 0.15) is 30.8 Å². The summed E-state index contributed by atoms with van der Waals surface area (Å²) in [4.78, 5) is 29.8. The molecule has 0 saturated heterocycles. The van der Waals surface area contributed by atoms with Crippen LogP contribution in [0.2, 0.25) is 0 Å². The lowest BCUT2D eigenvalue weighted by atomic mass is 10.2. The van der Waals surface area contributed by atoms with Gasteiger partial charge in [-0.1, -0.05) is 0 Å². The first-order valence-electron chi connectivity index (χ1n) is 6.10. The average Bonchev–Trinajstić information content (AvgIpc) is 2.35. The monoisotopic (exact) mass is 266 g/mol. The number of carbonyl (C=O) groups excluding carboxylic acids is 1. The fraction of sp³-hybridized carbons (Fsp3) is 0.500. The fourth-order valence-corrected chi connectivity index (χ4v) is 1.44. The van der Waals surface area contributed by atoms with E-state index in [1.807, 2.05) is 0 Å². The lowest BCUT2D eigenvalue weighted by Gasteiger charge is -2.07. The molecule has 19 heavy (non-hydrogen) atoms. The van der Waals surface area contributed by atoms with Crippen molar-refractivity contribution >= 4 is 12.0 Å². The zero-order valence-electron chi connectivity index (χ0n) is 10.8. The minimum absolute atomic E-state index is 0.128. The van der Waals surface area contributed by atoms with Crippen molar-refractivity contribution in [3.8, 4) is 0 Å². The number of aromatic nitrogens is 2. The Morgan fingerprint density at radius 3 is 2.79 bits per heavy atom. The number of rotatable bonds is 7. The summed E-state index contributed by atoms with van der Waals surface area (Å²) < 4.78 is 0. The molecule has 1 rings (SSSR count). The smallest absolute Gasteiger partial charge is 0.315 e. The number of hydrogen-bond donors (Lipinski definition) is 3. The zero-order valence-corrected chi connectivity index (χ0v) is 10.8. The number of urea groups is 1. The molecule has 0 saturated carbocycles. The Labute approximate surface area is 111 Å². The van der Waals surface area contributed by atoms with E-state index in [9.17, 15) is 9.59 Å². The van der Waals surface area contributed by atoms with Crippen LogP contribution in [0.25, 0.3) is 0 Å². The van der Waals surface area contributed by atoms with E-state index in [0.717, 1.165) is 5.69 Å². The number of aryl methyl sites for hydroxylation is 1. The van der Waals surface area contributed by atoms with Gasteiger partial charge < -0.3 is 15.7 Å². The molecule has 0 aliphatic heterocycles. The van der Waals surface area contributed by atoms with Gasteiger partial charge in [0.1, 0.15) is 5.82 Å². The SMILES string of the molecule is Cc1nccc(CNC(=O)NCCCCC(=O)O)n1. The number of carboxylic acid groups (broad SMARTS) is 1. The van der Waals surface area contributed by atoms with Crippen LogP contribution in [-0.4, -0.2) is 33.6 Å². The average molecular weight is 266 g/mol. The van der Waals surface area contributed by atoms with Crippen molar-refractivity contribution in [2.24, 2.45) is 0 Å². The van der Waals surface area contributed by atoms with Gasteiger partial charge in [0.2, 0.25) is 0 Å². The van der Waals surface area contributed by atoms with E-state index in [0.29, 0.717) is 31.8 Å². The van der Waals surface area contributed by atoms with Crippen molar-refractivity contribution < 1.29 is 14.7 Å². The summed E-state index contributed by atoms with van der Waals surface area (Å²) in [6, 6.07) is 1.45. The topological polar surface area (TPSA) is 104 Å². The Kier molecular flexibility index (Phi) is 6.28. The molecule has 104 valence electrons. The van der Waals surface area contributed by atoms with Crippen molar-refractivity contribution in [3.63, 3.8) is 0 Å². The largest absolute Gasteiger partial charge is 0.481 e. The van der Waals surface area contributed by atoms with Gasteiger partial charge in [0.15, 0.2) is 0 Å². The highest BCUT2D eigenvalue weighted by atomic mass is 16.4. The minimum atomic E-state index is -0.816. The highest BCUT2D eigenvalue weighted by molar-refractivity contribution is 5.73. The summed E-state index contributed by atoms with van der Waals surface area (Å²) in [7, 11) is 0. The molecule has 0 atom stereocenters. The molecule has 0 spiro atoms. The van der Waals surface area contributed by atoms with Gasteiger partial charge in [-0.25, -0.2) is 14.8 Å². The van der Waals surface area contributed by atoms with Crippen LogP contribution in [0, 0.1) is 6.92 Å². The van der Waals surface area contributed by atoms with E-state index >= 15 is 0 Å². The van der Waals surface area contributed by atoms with Gasteiger partial charge in [-0.2, -0.15) is 0 Å². The van der Waals surface area contributed by atoms with Gasteiger partial charge in [0.25, 0.3) is 0 Å². The molecule has 1 heterocycles. The number of unbranched alkanes of at least 4 members (excludes halogenated alkanes) is 1. The zero-order chi connectivity index (χ0) is 14.1. The standard InChI is InChI=1S/C12H18N4O3/c1-9-13-7-5-10(16-9)8-15-12(19)14-6-3-2-4-11(17)18/h5,7H,2-4,6,8H2,1H3,(H,17,18)(H2,14,15,19). The number of amides is 2. The van der Waals surface area contributed by atoms with Crippen LogP contribution in [0.15, 0.2) is 12.3 Å². The predicted molar refractivity (Wildman–Crippen MR) is 68.5 cm³/mol. The molecule has 0 bridgehead atoms. The molecule has 0 aliphatic rings. The van der Waals surface area contributed by atoms with E-state index in [2.05, 4.69) is 20.6 Å². The normalized spacial score (nSPS) is 9.95. The van der Waals surface area contributed by atoms with Crippen molar-refractivity contribution in [2.45, 2.75) is 32.7 Å². The summed E-state index contributed by atoms with van der Waals surface area (Å²) in [5, 5.41) is 13.8. The van der Waals surface area contributed by atoms with E-state index < -0.39 is 5.97 Å². The predicted octanol–water partition coefficient (Wildman–Crippen LogP) is 0.839. The van der Waals surface area contributed by atoms with Gasteiger partial charge in [-0.3, -0.25) is 4.79 Å².